The van der Waals surface area contributed by atoms with Gasteiger partial charge in [-0.05, 0) is 19.1 Å². The lowest BCUT2D eigenvalue weighted by molar-refractivity contribution is 0.602. The number of hydrogen-bond donors (Lipinski definition) is 1. The second-order valence-corrected chi connectivity index (χ2v) is 5.90. The summed E-state index contributed by atoms with van der Waals surface area (Å²) >= 11 is 1.72. The van der Waals surface area contributed by atoms with E-state index in [0.717, 1.165) is 24.4 Å². The zero-order chi connectivity index (χ0) is 13.9. The zero-order valence-electron chi connectivity index (χ0n) is 11.7. The fourth-order valence-electron chi connectivity index (χ4n) is 2.35. The maximum atomic E-state index is 4.57. The van der Waals surface area contributed by atoms with Crippen molar-refractivity contribution >= 4 is 17.0 Å². The fourth-order valence-corrected chi connectivity index (χ4v) is 3.05. The summed E-state index contributed by atoms with van der Waals surface area (Å²) in [4.78, 5) is 8.93. The maximum absolute atomic E-state index is 4.57. The van der Waals surface area contributed by atoms with E-state index in [0.29, 0.717) is 5.92 Å². The number of imidazole rings is 1. The molecule has 1 N–H and O–H groups in total. The van der Waals surface area contributed by atoms with Crippen molar-refractivity contribution in [2.75, 3.05) is 6.54 Å². The molecule has 5 heteroatoms. The lowest BCUT2D eigenvalue weighted by atomic mass is 10.2. The standard InChI is InChI=1S/C15H18N4S/c1-11(15-17-6-8-20-15)9-16-10-13-12(2)18-14-5-3-4-7-19(13)14/h3-8,11,16H,9-10H2,1-2H3. The van der Waals surface area contributed by atoms with Crippen molar-refractivity contribution in [3.8, 4) is 0 Å². The topological polar surface area (TPSA) is 42.2 Å². The second-order valence-electron chi connectivity index (χ2n) is 4.98. The molecule has 3 heterocycles. The van der Waals surface area contributed by atoms with Gasteiger partial charge in [0.05, 0.1) is 16.4 Å². The highest BCUT2D eigenvalue weighted by Gasteiger charge is 2.10. The number of aryl methyl sites for hydroxylation is 1. The third-order valence-corrected chi connectivity index (χ3v) is 4.45. The van der Waals surface area contributed by atoms with E-state index in [9.17, 15) is 0 Å². The van der Waals surface area contributed by atoms with Gasteiger partial charge in [-0.3, -0.25) is 0 Å². The van der Waals surface area contributed by atoms with Crippen LogP contribution < -0.4 is 5.32 Å². The molecule has 1 atom stereocenters. The van der Waals surface area contributed by atoms with Gasteiger partial charge in [0.25, 0.3) is 0 Å². The lowest BCUT2D eigenvalue weighted by Crippen LogP contribution is -2.20. The van der Waals surface area contributed by atoms with Gasteiger partial charge < -0.3 is 9.72 Å². The Hall–Kier alpha value is -1.72. The number of pyridine rings is 1. The highest BCUT2D eigenvalue weighted by Crippen LogP contribution is 2.17. The van der Waals surface area contributed by atoms with Gasteiger partial charge in [0.15, 0.2) is 0 Å². The molecule has 0 amide bonds. The Labute approximate surface area is 122 Å². The Morgan fingerprint density at radius 2 is 2.30 bits per heavy atom. The Kier molecular flexibility index (Phi) is 3.80. The van der Waals surface area contributed by atoms with Crippen LogP contribution in [0.3, 0.4) is 0 Å². The van der Waals surface area contributed by atoms with Crippen LogP contribution in [0, 0.1) is 6.92 Å². The van der Waals surface area contributed by atoms with Gasteiger partial charge in [-0.25, -0.2) is 9.97 Å². The first-order chi connectivity index (χ1) is 9.75. The predicted molar refractivity (Wildman–Crippen MR) is 82.2 cm³/mol. The third kappa shape index (κ3) is 2.59. The molecular formula is C15H18N4S. The molecule has 0 radical (unpaired) electrons. The molecule has 0 spiro atoms. The molecular weight excluding hydrogens is 268 g/mol. The largest absolute Gasteiger partial charge is 0.310 e. The van der Waals surface area contributed by atoms with E-state index in [4.69, 9.17) is 0 Å². The van der Waals surface area contributed by atoms with Crippen molar-refractivity contribution in [2.24, 2.45) is 0 Å². The van der Waals surface area contributed by atoms with E-state index in [1.807, 2.05) is 29.8 Å². The Balaban J connectivity index is 1.67. The van der Waals surface area contributed by atoms with E-state index >= 15 is 0 Å². The number of thiazole rings is 1. The van der Waals surface area contributed by atoms with E-state index < -0.39 is 0 Å². The van der Waals surface area contributed by atoms with Crippen LogP contribution in [0.4, 0.5) is 0 Å². The van der Waals surface area contributed by atoms with Crippen LogP contribution in [0.15, 0.2) is 36.0 Å². The molecule has 20 heavy (non-hydrogen) atoms. The second kappa shape index (κ2) is 5.73. The van der Waals surface area contributed by atoms with Crippen LogP contribution in [-0.2, 0) is 6.54 Å². The minimum absolute atomic E-state index is 0.439. The summed E-state index contributed by atoms with van der Waals surface area (Å²) in [6.45, 7) is 6.02. The van der Waals surface area contributed by atoms with Gasteiger partial charge in [-0.2, -0.15) is 0 Å². The van der Waals surface area contributed by atoms with Crippen molar-refractivity contribution in [3.63, 3.8) is 0 Å². The summed E-state index contributed by atoms with van der Waals surface area (Å²) in [5, 5.41) is 6.73. The molecule has 0 aliphatic heterocycles. The molecule has 3 rings (SSSR count). The molecule has 0 bridgehead atoms. The molecule has 1 unspecified atom stereocenters. The summed E-state index contributed by atoms with van der Waals surface area (Å²) in [7, 11) is 0. The first-order valence-electron chi connectivity index (χ1n) is 6.78. The van der Waals surface area contributed by atoms with Gasteiger partial charge in [-0.1, -0.05) is 13.0 Å². The van der Waals surface area contributed by atoms with Crippen LogP contribution in [0.1, 0.15) is 29.2 Å². The zero-order valence-corrected chi connectivity index (χ0v) is 12.5. The highest BCUT2D eigenvalue weighted by atomic mass is 32.1. The average molecular weight is 286 g/mol. The monoisotopic (exact) mass is 286 g/mol. The summed E-state index contributed by atoms with van der Waals surface area (Å²) < 4.78 is 2.15. The molecule has 0 aliphatic carbocycles. The molecule has 4 nitrogen and oxygen atoms in total. The molecule has 0 aliphatic rings. The van der Waals surface area contributed by atoms with Crippen LogP contribution in [0.25, 0.3) is 5.65 Å². The van der Waals surface area contributed by atoms with Crippen LogP contribution in [0.5, 0.6) is 0 Å². The third-order valence-electron chi connectivity index (χ3n) is 3.45. The molecule has 0 saturated carbocycles. The number of hydrogen-bond acceptors (Lipinski definition) is 4. The first kappa shape index (κ1) is 13.3. The van der Waals surface area contributed by atoms with Gasteiger partial charge in [0.2, 0.25) is 0 Å². The van der Waals surface area contributed by atoms with Crippen LogP contribution in [0.2, 0.25) is 0 Å². The number of rotatable bonds is 5. The van der Waals surface area contributed by atoms with Crippen molar-refractivity contribution in [1.29, 1.82) is 0 Å². The predicted octanol–water partition coefficient (Wildman–Crippen LogP) is 2.99. The highest BCUT2D eigenvalue weighted by molar-refractivity contribution is 7.09. The van der Waals surface area contributed by atoms with Crippen molar-refractivity contribution in [1.82, 2.24) is 19.7 Å². The Bertz CT molecular complexity index is 687. The molecule has 3 aromatic rings. The Morgan fingerprint density at radius 3 is 3.10 bits per heavy atom. The Morgan fingerprint density at radius 1 is 1.40 bits per heavy atom. The fraction of sp³-hybridized carbons (Fsp3) is 0.333. The summed E-state index contributed by atoms with van der Waals surface area (Å²) in [6, 6.07) is 6.09. The number of nitrogens with one attached hydrogen (secondary N) is 1. The average Bonchev–Trinajstić information content (AvgIpc) is 3.07. The van der Waals surface area contributed by atoms with E-state index in [2.05, 4.69) is 39.7 Å². The molecule has 0 aromatic carbocycles. The molecule has 3 aromatic heterocycles. The van der Waals surface area contributed by atoms with Crippen LogP contribution >= 0.6 is 11.3 Å². The molecule has 104 valence electrons. The SMILES string of the molecule is Cc1nc2ccccn2c1CNCC(C)c1nccs1. The van der Waals surface area contributed by atoms with Crippen molar-refractivity contribution < 1.29 is 0 Å². The number of aromatic nitrogens is 3. The maximum Gasteiger partial charge on any atom is 0.137 e. The van der Waals surface area contributed by atoms with E-state index in [-0.39, 0.29) is 0 Å². The van der Waals surface area contributed by atoms with Crippen molar-refractivity contribution in [2.45, 2.75) is 26.3 Å². The minimum atomic E-state index is 0.439. The van der Waals surface area contributed by atoms with Gasteiger partial charge in [0.1, 0.15) is 5.65 Å². The number of fused-ring (bicyclic) bond motifs is 1. The quantitative estimate of drug-likeness (QED) is 0.784. The smallest absolute Gasteiger partial charge is 0.137 e. The first-order valence-corrected chi connectivity index (χ1v) is 7.66. The van der Waals surface area contributed by atoms with E-state index in [1.54, 1.807) is 11.3 Å². The lowest BCUT2D eigenvalue weighted by Gasteiger charge is -2.10. The molecule has 0 fully saturated rings. The number of nitrogens with zero attached hydrogens (tertiary/aromatic N) is 3. The van der Waals surface area contributed by atoms with Gasteiger partial charge >= 0.3 is 0 Å². The van der Waals surface area contributed by atoms with Gasteiger partial charge in [0, 0.05) is 36.8 Å². The minimum Gasteiger partial charge on any atom is -0.310 e. The summed E-state index contributed by atoms with van der Waals surface area (Å²) in [6.07, 6.45) is 3.93. The van der Waals surface area contributed by atoms with Crippen LogP contribution in [-0.4, -0.2) is 20.9 Å². The van der Waals surface area contributed by atoms with Gasteiger partial charge in [-0.15, -0.1) is 11.3 Å². The molecule has 0 saturated heterocycles. The van der Waals surface area contributed by atoms with E-state index in [1.165, 1.54) is 10.7 Å². The normalized spacial score (nSPS) is 12.9. The summed E-state index contributed by atoms with van der Waals surface area (Å²) in [5.74, 6) is 0.439. The summed E-state index contributed by atoms with van der Waals surface area (Å²) in [5.41, 5.74) is 3.33. The van der Waals surface area contributed by atoms with Crippen molar-refractivity contribution in [3.05, 3.63) is 52.4 Å².